The summed E-state index contributed by atoms with van der Waals surface area (Å²) in [4.78, 5) is 11.6. The molecule has 7 heteroatoms. The first kappa shape index (κ1) is 20.6. The van der Waals surface area contributed by atoms with Crippen molar-refractivity contribution in [2.24, 2.45) is 11.7 Å². The number of carbonyl (C=O) groups excluding carboxylic acids is 1. The van der Waals surface area contributed by atoms with Crippen molar-refractivity contribution in [2.75, 3.05) is 19.6 Å². The molecule has 1 fully saturated rings. The zero-order chi connectivity index (χ0) is 18.0. The van der Waals surface area contributed by atoms with Crippen molar-refractivity contribution in [3.8, 4) is 0 Å². The van der Waals surface area contributed by atoms with E-state index >= 15 is 0 Å². The minimum absolute atomic E-state index is 0. The van der Waals surface area contributed by atoms with Gasteiger partial charge in [-0.3, -0.25) is 4.79 Å². The Hall–Kier alpha value is -1.73. The SMILES string of the molecule is CC(=O)c1ccc(S(=O)(=O)N2C[C@@H](CN)[C@H](c3ccccc3)C2)cc1.Cl. The molecule has 2 aromatic rings. The molecule has 0 amide bonds. The highest BCUT2D eigenvalue weighted by Gasteiger charge is 2.39. The molecule has 1 aliphatic rings. The highest BCUT2D eigenvalue weighted by Crippen LogP contribution is 2.35. The number of hydrogen-bond acceptors (Lipinski definition) is 4. The summed E-state index contributed by atoms with van der Waals surface area (Å²) in [6.45, 7) is 2.73. The number of hydrogen-bond donors (Lipinski definition) is 1. The number of carbonyl (C=O) groups is 1. The fourth-order valence-electron chi connectivity index (χ4n) is 3.36. The smallest absolute Gasteiger partial charge is 0.243 e. The maximum atomic E-state index is 13.0. The Morgan fingerprint density at radius 3 is 2.23 bits per heavy atom. The van der Waals surface area contributed by atoms with Crippen LogP contribution in [0.25, 0.3) is 0 Å². The van der Waals surface area contributed by atoms with Crippen LogP contribution in [-0.2, 0) is 10.0 Å². The summed E-state index contributed by atoms with van der Waals surface area (Å²) in [5, 5.41) is 0. The molecule has 0 bridgehead atoms. The lowest BCUT2D eigenvalue weighted by molar-refractivity contribution is 0.101. The standard InChI is InChI=1S/C19H22N2O3S.ClH/c1-14(22)15-7-9-18(10-8-15)25(23,24)21-12-17(11-20)19(13-21)16-5-3-2-4-6-16;/h2-10,17,19H,11-13,20H2,1H3;1H/t17-,19+;/m1./s1. The van der Waals surface area contributed by atoms with Crippen molar-refractivity contribution in [1.29, 1.82) is 0 Å². The first-order valence-electron chi connectivity index (χ1n) is 8.29. The normalized spacial score (nSPS) is 20.5. The molecular formula is C19H23ClN2O3S. The minimum Gasteiger partial charge on any atom is -0.330 e. The number of ketones is 1. The fraction of sp³-hybridized carbons (Fsp3) is 0.316. The van der Waals surface area contributed by atoms with Gasteiger partial charge in [-0.1, -0.05) is 42.5 Å². The van der Waals surface area contributed by atoms with Gasteiger partial charge in [-0.05, 0) is 37.1 Å². The Kier molecular flexibility index (Phi) is 6.58. The Morgan fingerprint density at radius 2 is 1.69 bits per heavy atom. The number of sulfonamides is 1. The van der Waals surface area contributed by atoms with Crippen LogP contribution in [-0.4, -0.2) is 38.1 Å². The lowest BCUT2D eigenvalue weighted by Crippen LogP contribution is -2.30. The number of nitrogens with two attached hydrogens (primary N) is 1. The first-order valence-corrected chi connectivity index (χ1v) is 9.73. The van der Waals surface area contributed by atoms with Crippen LogP contribution in [0.5, 0.6) is 0 Å². The summed E-state index contributed by atoms with van der Waals surface area (Å²) < 4.78 is 27.4. The van der Waals surface area contributed by atoms with Crippen LogP contribution in [0.3, 0.4) is 0 Å². The van der Waals surface area contributed by atoms with Gasteiger partial charge in [0.25, 0.3) is 0 Å². The maximum Gasteiger partial charge on any atom is 0.243 e. The van der Waals surface area contributed by atoms with E-state index in [1.807, 2.05) is 30.3 Å². The number of halogens is 1. The van der Waals surface area contributed by atoms with Gasteiger partial charge < -0.3 is 5.73 Å². The average molecular weight is 395 g/mol. The van der Waals surface area contributed by atoms with Crippen LogP contribution < -0.4 is 5.73 Å². The lowest BCUT2D eigenvalue weighted by atomic mass is 9.89. The van der Waals surface area contributed by atoms with E-state index in [0.717, 1.165) is 5.56 Å². The zero-order valence-corrected chi connectivity index (χ0v) is 16.2. The van der Waals surface area contributed by atoms with Gasteiger partial charge in [-0.25, -0.2) is 8.42 Å². The molecule has 1 heterocycles. The van der Waals surface area contributed by atoms with Gasteiger partial charge in [0.2, 0.25) is 10.0 Å². The van der Waals surface area contributed by atoms with Crippen molar-refractivity contribution in [3.63, 3.8) is 0 Å². The molecule has 0 saturated carbocycles. The summed E-state index contributed by atoms with van der Waals surface area (Å²) in [6, 6.07) is 16.0. The monoisotopic (exact) mass is 394 g/mol. The van der Waals surface area contributed by atoms with E-state index in [0.29, 0.717) is 25.2 Å². The fourth-order valence-corrected chi connectivity index (χ4v) is 4.88. The zero-order valence-electron chi connectivity index (χ0n) is 14.5. The van der Waals surface area contributed by atoms with Crippen LogP contribution in [0.2, 0.25) is 0 Å². The quantitative estimate of drug-likeness (QED) is 0.790. The molecule has 0 radical (unpaired) electrons. The summed E-state index contributed by atoms with van der Waals surface area (Å²) >= 11 is 0. The Balaban J connectivity index is 0.00000243. The molecule has 0 unspecified atom stereocenters. The summed E-state index contributed by atoms with van der Waals surface area (Å²) in [6.07, 6.45) is 0. The van der Waals surface area contributed by atoms with Crippen LogP contribution in [0.15, 0.2) is 59.5 Å². The number of benzene rings is 2. The predicted molar refractivity (Wildman–Crippen MR) is 104 cm³/mol. The van der Waals surface area contributed by atoms with Gasteiger partial charge in [0.1, 0.15) is 0 Å². The highest BCUT2D eigenvalue weighted by molar-refractivity contribution is 7.89. The molecule has 0 aromatic heterocycles. The van der Waals surface area contributed by atoms with Crippen molar-refractivity contribution in [2.45, 2.75) is 17.7 Å². The molecule has 2 atom stereocenters. The Morgan fingerprint density at radius 1 is 1.08 bits per heavy atom. The van der Waals surface area contributed by atoms with Crippen molar-refractivity contribution in [1.82, 2.24) is 4.31 Å². The summed E-state index contributed by atoms with van der Waals surface area (Å²) in [5.74, 6) is 0.101. The van der Waals surface area contributed by atoms with Gasteiger partial charge in [-0.15, -0.1) is 12.4 Å². The molecule has 5 nitrogen and oxygen atoms in total. The first-order chi connectivity index (χ1) is 11.9. The summed E-state index contributed by atoms with van der Waals surface area (Å²) in [7, 11) is -3.60. The second-order valence-electron chi connectivity index (χ2n) is 6.42. The van der Waals surface area contributed by atoms with Gasteiger partial charge in [0, 0.05) is 24.6 Å². The molecule has 3 rings (SSSR count). The molecular weight excluding hydrogens is 372 g/mol. The third-order valence-electron chi connectivity index (χ3n) is 4.84. The number of Topliss-reactive ketones (excluding diaryl/α,β-unsaturated/α-hetero) is 1. The Labute approximate surface area is 160 Å². The second-order valence-corrected chi connectivity index (χ2v) is 8.35. The molecule has 1 saturated heterocycles. The van der Waals surface area contributed by atoms with E-state index in [4.69, 9.17) is 5.73 Å². The molecule has 2 N–H and O–H groups in total. The predicted octanol–water partition coefficient (Wildman–Crippen LogP) is 2.67. The van der Waals surface area contributed by atoms with Crippen LogP contribution in [0.1, 0.15) is 28.8 Å². The van der Waals surface area contributed by atoms with E-state index in [2.05, 4.69) is 0 Å². The Bertz CT molecular complexity index is 854. The van der Waals surface area contributed by atoms with Gasteiger partial charge >= 0.3 is 0 Å². The number of rotatable bonds is 5. The van der Waals surface area contributed by atoms with Crippen LogP contribution in [0.4, 0.5) is 0 Å². The molecule has 0 aliphatic carbocycles. The molecule has 140 valence electrons. The third-order valence-corrected chi connectivity index (χ3v) is 6.68. The van der Waals surface area contributed by atoms with E-state index < -0.39 is 10.0 Å². The van der Waals surface area contributed by atoms with E-state index in [9.17, 15) is 13.2 Å². The third kappa shape index (κ3) is 3.99. The van der Waals surface area contributed by atoms with Crippen molar-refractivity contribution >= 4 is 28.2 Å². The molecule has 26 heavy (non-hydrogen) atoms. The van der Waals surface area contributed by atoms with Crippen molar-refractivity contribution in [3.05, 3.63) is 65.7 Å². The van der Waals surface area contributed by atoms with E-state index in [1.165, 1.54) is 23.4 Å². The lowest BCUT2D eigenvalue weighted by Gasteiger charge is -2.17. The molecule has 2 aromatic carbocycles. The van der Waals surface area contributed by atoms with E-state index in [-0.39, 0.29) is 34.9 Å². The van der Waals surface area contributed by atoms with Crippen molar-refractivity contribution < 1.29 is 13.2 Å². The second kappa shape index (κ2) is 8.31. The molecule has 0 spiro atoms. The minimum atomic E-state index is -3.60. The average Bonchev–Trinajstić information content (AvgIpc) is 3.08. The van der Waals surface area contributed by atoms with Crippen LogP contribution >= 0.6 is 12.4 Å². The van der Waals surface area contributed by atoms with Gasteiger partial charge in [0.05, 0.1) is 4.90 Å². The summed E-state index contributed by atoms with van der Waals surface area (Å²) in [5.41, 5.74) is 7.52. The van der Waals surface area contributed by atoms with Gasteiger partial charge in [-0.2, -0.15) is 4.31 Å². The maximum absolute atomic E-state index is 13.0. The van der Waals surface area contributed by atoms with Crippen LogP contribution in [0, 0.1) is 5.92 Å². The largest absolute Gasteiger partial charge is 0.330 e. The molecule has 1 aliphatic heterocycles. The van der Waals surface area contributed by atoms with Gasteiger partial charge in [0.15, 0.2) is 5.78 Å². The van der Waals surface area contributed by atoms with E-state index in [1.54, 1.807) is 12.1 Å². The topological polar surface area (TPSA) is 80.5 Å². The number of nitrogens with zero attached hydrogens (tertiary/aromatic N) is 1. The highest BCUT2D eigenvalue weighted by atomic mass is 35.5.